The molecule has 0 radical (unpaired) electrons. The third-order valence-corrected chi connectivity index (χ3v) is 2.24. The quantitative estimate of drug-likeness (QED) is 0.785. The van der Waals surface area contributed by atoms with Gasteiger partial charge in [0.25, 0.3) is 0 Å². The largest absolute Gasteiger partial charge is 0.325 e. The Bertz CT molecular complexity index is 535. The fourth-order valence-corrected chi connectivity index (χ4v) is 1.45. The second-order valence-corrected chi connectivity index (χ2v) is 3.48. The third-order valence-electron chi connectivity index (χ3n) is 2.24. The van der Waals surface area contributed by atoms with Crippen LogP contribution in [0.25, 0.3) is 11.3 Å². The Morgan fingerprint density at radius 3 is 2.71 bits per heavy atom. The molecule has 0 atom stereocenters. The maximum atomic E-state index is 11.3. The number of aromatic amines is 1. The molecule has 0 saturated carbocycles. The Hall–Kier alpha value is -2.54. The number of amides is 1. The van der Waals surface area contributed by atoms with Gasteiger partial charge in [-0.3, -0.25) is 9.89 Å². The number of carbonyl (C=O) groups excluding carboxylic acids is 1. The highest BCUT2D eigenvalue weighted by Gasteiger charge is 2.01. The molecule has 1 aromatic heterocycles. The van der Waals surface area contributed by atoms with Crippen molar-refractivity contribution in [1.29, 1.82) is 0 Å². The normalized spacial score (nSPS) is 9.59. The average Bonchev–Trinajstić information content (AvgIpc) is 2.84. The van der Waals surface area contributed by atoms with Crippen molar-refractivity contribution in [3.63, 3.8) is 0 Å². The molecular weight excluding hydrogens is 214 g/mol. The Kier molecular flexibility index (Phi) is 3.22. The number of carbonyl (C=O) groups is 1. The van der Waals surface area contributed by atoms with E-state index in [0.29, 0.717) is 0 Å². The Labute approximate surface area is 99.1 Å². The first kappa shape index (κ1) is 11.0. The molecule has 1 amide bonds. The van der Waals surface area contributed by atoms with E-state index in [-0.39, 0.29) is 12.3 Å². The van der Waals surface area contributed by atoms with Crippen LogP contribution in [0.1, 0.15) is 6.42 Å². The second-order valence-electron chi connectivity index (χ2n) is 3.48. The molecule has 0 aliphatic carbocycles. The van der Waals surface area contributed by atoms with Crippen molar-refractivity contribution < 1.29 is 4.79 Å². The highest BCUT2D eigenvalue weighted by Crippen LogP contribution is 2.18. The van der Waals surface area contributed by atoms with E-state index in [9.17, 15) is 4.79 Å². The smallest absolute Gasteiger partial charge is 0.236 e. The number of rotatable bonds is 3. The van der Waals surface area contributed by atoms with Crippen molar-refractivity contribution in [3.05, 3.63) is 36.5 Å². The molecule has 1 heterocycles. The fraction of sp³-hybridized carbons (Fsp3) is 0.0769. The van der Waals surface area contributed by atoms with Crippen LogP contribution in [0, 0.1) is 12.3 Å². The Morgan fingerprint density at radius 2 is 2.12 bits per heavy atom. The Balaban J connectivity index is 2.09. The second kappa shape index (κ2) is 4.99. The van der Waals surface area contributed by atoms with Gasteiger partial charge in [-0.15, -0.1) is 6.42 Å². The summed E-state index contributed by atoms with van der Waals surface area (Å²) in [5.41, 5.74) is 2.68. The van der Waals surface area contributed by atoms with E-state index in [1.54, 1.807) is 6.20 Å². The van der Waals surface area contributed by atoms with Gasteiger partial charge in [-0.1, -0.05) is 18.1 Å². The number of terminal acetylenes is 1. The number of anilines is 1. The third kappa shape index (κ3) is 2.73. The highest BCUT2D eigenvalue weighted by atomic mass is 16.1. The topological polar surface area (TPSA) is 57.8 Å². The van der Waals surface area contributed by atoms with Gasteiger partial charge in [0, 0.05) is 11.9 Å². The molecule has 4 nitrogen and oxygen atoms in total. The van der Waals surface area contributed by atoms with Gasteiger partial charge in [0.1, 0.15) is 0 Å². The molecule has 0 unspecified atom stereocenters. The van der Waals surface area contributed by atoms with Crippen LogP contribution in [-0.2, 0) is 4.79 Å². The summed E-state index contributed by atoms with van der Waals surface area (Å²) in [6, 6.07) is 9.33. The molecule has 84 valence electrons. The van der Waals surface area contributed by atoms with Gasteiger partial charge in [0.05, 0.1) is 12.1 Å². The number of nitrogens with zero attached hydrogens (tertiary/aromatic N) is 1. The maximum Gasteiger partial charge on any atom is 0.236 e. The van der Waals surface area contributed by atoms with Crippen LogP contribution in [0.5, 0.6) is 0 Å². The van der Waals surface area contributed by atoms with E-state index < -0.39 is 0 Å². The van der Waals surface area contributed by atoms with Gasteiger partial charge >= 0.3 is 0 Å². The summed E-state index contributed by atoms with van der Waals surface area (Å²) in [4.78, 5) is 11.3. The number of nitrogens with one attached hydrogen (secondary N) is 2. The van der Waals surface area contributed by atoms with E-state index in [0.717, 1.165) is 16.9 Å². The molecule has 2 N–H and O–H groups in total. The van der Waals surface area contributed by atoms with E-state index in [4.69, 9.17) is 6.42 Å². The summed E-state index contributed by atoms with van der Waals surface area (Å²) in [5.74, 6) is 2.12. The lowest BCUT2D eigenvalue weighted by molar-refractivity contribution is -0.115. The minimum absolute atomic E-state index is 0.0856. The molecule has 1 aromatic carbocycles. The van der Waals surface area contributed by atoms with Crippen molar-refractivity contribution in [3.8, 4) is 23.6 Å². The minimum atomic E-state index is -0.179. The molecule has 0 aliphatic rings. The first-order valence-electron chi connectivity index (χ1n) is 5.13. The molecule has 0 saturated heterocycles. The predicted molar refractivity (Wildman–Crippen MR) is 66.1 cm³/mol. The highest BCUT2D eigenvalue weighted by molar-refractivity contribution is 5.92. The monoisotopic (exact) mass is 225 g/mol. The van der Waals surface area contributed by atoms with Gasteiger partial charge in [0.2, 0.25) is 5.91 Å². The first-order valence-corrected chi connectivity index (χ1v) is 5.13. The molecule has 0 spiro atoms. The predicted octanol–water partition coefficient (Wildman–Crippen LogP) is 2.04. The molecular formula is C13H11N3O. The van der Waals surface area contributed by atoms with Crippen LogP contribution in [0.3, 0.4) is 0 Å². The van der Waals surface area contributed by atoms with Gasteiger partial charge in [-0.25, -0.2) is 0 Å². The van der Waals surface area contributed by atoms with Crippen LogP contribution in [0.4, 0.5) is 5.69 Å². The summed E-state index contributed by atoms with van der Waals surface area (Å²) >= 11 is 0. The van der Waals surface area contributed by atoms with Crippen molar-refractivity contribution in [2.24, 2.45) is 0 Å². The van der Waals surface area contributed by atoms with Crippen molar-refractivity contribution in [2.75, 3.05) is 5.32 Å². The zero-order valence-electron chi connectivity index (χ0n) is 9.10. The summed E-state index contributed by atoms with van der Waals surface area (Å²) in [6.45, 7) is 0. The SMILES string of the molecule is C#CCC(=O)Nc1ccc(-c2ccn[nH]2)cc1. The maximum absolute atomic E-state index is 11.3. The number of aromatic nitrogens is 2. The van der Waals surface area contributed by atoms with Crippen molar-refractivity contribution >= 4 is 11.6 Å². The molecule has 2 aromatic rings. The zero-order valence-corrected chi connectivity index (χ0v) is 9.10. The van der Waals surface area contributed by atoms with E-state index >= 15 is 0 Å². The number of hydrogen-bond donors (Lipinski definition) is 2. The lowest BCUT2D eigenvalue weighted by Crippen LogP contribution is -2.09. The standard InChI is InChI=1S/C13H11N3O/c1-2-3-13(17)15-11-6-4-10(5-7-11)12-8-9-14-16-12/h1,4-9H,3H2,(H,14,16)(H,15,17). The van der Waals surface area contributed by atoms with Gasteiger partial charge in [-0.05, 0) is 23.8 Å². The van der Waals surface area contributed by atoms with E-state index in [1.165, 1.54) is 0 Å². The van der Waals surface area contributed by atoms with E-state index in [2.05, 4.69) is 21.4 Å². The summed E-state index contributed by atoms with van der Waals surface area (Å²) < 4.78 is 0. The van der Waals surface area contributed by atoms with E-state index in [1.807, 2.05) is 30.3 Å². The van der Waals surface area contributed by atoms with Crippen LogP contribution in [0.2, 0.25) is 0 Å². The zero-order chi connectivity index (χ0) is 12.1. The fourth-order valence-electron chi connectivity index (χ4n) is 1.45. The molecule has 0 aliphatic heterocycles. The summed E-state index contributed by atoms with van der Waals surface area (Å²) in [7, 11) is 0. The van der Waals surface area contributed by atoms with Crippen molar-refractivity contribution in [2.45, 2.75) is 6.42 Å². The molecule has 0 fully saturated rings. The van der Waals surface area contributed by atoms with Gasteiger partial charge in [-0.2, -0.15) is 5.10 Å². The Morgan fingerprint density at radius 1 is 1.35 bits per heavy atom. The molecule has 2 rings (SSSR count). The number of hydrogen-bond acceptors (Lipinski definition) is 2. The molecule has 17 heavy (non-hydrogen) atoms. The first-order chi connectivity index (χ1) is 8.29. The van der Waals surface area contributed by atoms with Crippen LogP contribution < -0.4 is 5.32 Å². The van der Waals surface area contributed by atoms with Gasteiger partial charge < -0.3 is 5.32 Å². The minimum Gasteiger partial charge on any atom is -0.325 e. The average molecular weight is 225 g/mol. The number of H-pyrrole nitrogens is 1. The lowest BCUT2D eigenvalue weighted by Gasteiger charge is -2.03. The molecule has 4 heteroatoms. The summed E-state index contributed by atoms with van der Waals surface area (Å²) in [5, 5.41) is 9.45. The van der Waals surface area contributed by atoms with Crippen LogP contribution >= 0.6 is 0 Å². The lowest BCUT2D eigenvalue weighted by atomic mass is 10.1. The number of benzene rings is 1. The molecule has 0 bridgehead atoms. The van der Waals surface area contributed by atoms with Gasteiger partial charge in [0.15, 0.2) is 0 Å². The van der Waals surface area contributed by atoms with Crippen molar-refractivity contribution in [1.82, 2.24) is 10.2 Å². The summed E-state index contributed by atoms with van der Waals surface area (Å²) in [6.07, 6.45) is 6.83. The van der Waals surface area contributed by atoms with Crippen LogP contribution in [-0.4, -0.2) is 16.1 Å². The van der Waals surface area contributed by atoms with Crippen LogP contribution in [0.15, 0.2) is 36.5 Å².